The fourth-order valence-electron chi connectivity index (χ4n) is 4.38. The molecule has 3 nitrogen and oxygen atoms in total. The van der Waals surface area contributed by atoms with Gasteiger partial charge in [-0.05, 0) is 132 Å². The Morgan fingerprint density at radius 2 is 1.00 bits per heavy atom. The van der Waals surface area contributed by atoms with Gasteiger partial charge in [0.1, 0.15) is 12.2 Å². The summed E-state index contributed by atoms with van der Waals surface area (Å²) in [5.74, 6) is 0. The van der Waals surface area contributed by atoms with Crippen LogP contribution in [0.25, 0.3) is 0 Å². The summed E-state index contributed by atoms with van der Waals surface area (Å²) in [4.78, 5) is 12.9. The smallest absolute Gasteiger partial charge is 0.431 e. The first-order valence-electron chi connectivity index (χ1n) is 13.9. The van der Waals surface area contributed by atoms with E-state index in [9.17, 15) is 4.79 Å². The highest BCUT2D eigenvalue weighted by molar-refractivity contribution is 14.1. The quantitative estimate of drug-likeness (QED) is 0.0875. The van der Waals surface area contributed by atoms with Crippen molar-refractivity contribution in [3.63, 3.8) is 0 Å². The third-order valence-electron chi connectivity index (χ3n) is 6.62. The fourth-order valence-corrected chi connectivity index (χ4v) is 5.10. The molecular formula is C31H44I2O3. The molecule has 36 heavy (non-hydrogen) atoms. The predicted molar refractivity (Wildman–Crippen MR) is 168 cm³/mol. The topological polar surface area (TPSA) is 35.5 Å². The maximum atomic E-state index is 12.9. The summed E-state index contributed by atoms with van der Waals surface area (Å²) in [7, 11) is 0. The molecule has 0 spiro atoms. The number of hydrogen-bond donors (Lipinski definition) is 0. The molecule has 200 valence electrons. The highest BCUT2D eigenvalue weighted by atomic mass is 127. The van der Waals surface area contributed by atoms with Crippen molar-refractivity contribution in [1.29, 1.82) is 0 Å². The van der Waals surface area contributed by atoms with Crippen LogP contribution in [-0.2, 0) is 22.3 Å². The maximum Gasteiger partial charge on any atom is 0.508 e. The summed E-state index contributed by atoms with van der Waals surface area (Å²) in [5.41, 5.74) is 2.58. The number of carbonyl (C=O) groups excluding carboxylic acids is 1. The van der Waals surface area contributed by atoms with Gasteiger partial charge < -0.3 is 9.47 Å². The number of aryl methyl sites for hydroxylation is 2. The number of halogens is 2. The minimum Gasteiger partial charge on any atom is -0.431 e. The van der Waals surface area contributed by atoms with Crippen LogP contribution in [0.15, 0.2) is 48.5 Å². The maximum absolute atomic E-state index is 12.9. The lowest BCUT2D eigenvalue weighted by molar-refractivity contribution is -0.0108. The molecule has 2 atom stereocenters. The van der Waals surface area contributed by atoms with Crippen LogP contribution in [-0.4, -0.2) is 18.4 Å². The van der Waals surface area contributed by atoms with Gasteiger partial charge in [0.05, 0.1) is 0 Å². The Labute approximate surface area is 246 Å². The molecule has 0 aliphatic rings. The van der Waals surface area contributed by atoms with E-state index in [1.54, 1.807) is 0 Å². The molecular weight excluding hydrogens is 674 g/mol. The zero-order valence-electron chi connectivity index (χ0n) is 22.2. The van der Waals surface area contributed by atoms with Gasteiger partial charge in [0.25, 0.3) is 0 Å². The first kappa shape index (κ1) is 31.4. The van der Waals surface area contributed by atoms with Crippen LogP contribution in [0, 0.1) is 7.14 Å². The number of hydrogen-bond acceptors (Lipinski definition) is 3. The van der Waals surface area contributed by atoms with E-state index in [4.69, 9.17) is 9.47 Å². The second-order valence-electron chi connectivity index (χ2n) is 9.76. The van der Waals surface area contributed by atoms with Gasteiger partial charge in [0.2, 0.25) is 0 Å². The first-order valence-corrected chi connectivity index (χ1v) is 16.0. The Morgan fingerprint density at radius 3 is 1.36 bits per heavy atom. The van der Waals surface area contributed by atoms with Crippen molar-refractivity contribution in [2.45, 2.75) is 116 Å². The van der Waals surface area contributed by atoms with E-state index in [-0.39, 0.29) is 12.2 Å². The highest BCUT2D eigenvalue weighted by Gasteiger charge is 2.20. The second kappa shape index (κ2) is 19.3. The van der Waals surface area contributed by atoms with Crippen molar-refractivity contribution in [3.8, 4) is 0 Å². The molecule has 0 fully saturated rings. The molecule has 0 saturated heterocycles. The molecule has 2 unspecified atom stereocenters. The zero-order chi connectivity index (χ0) is 26.0. The summed E-state index contributed by atoms with van der Waals surface area (Å²) in [5, 5.41) is 0. The Bertz CT molecular complexity index is 766. The van der Waals surface area contributed by atoms with Gasteiger partial charge in [-0.15, -0.1) is 0 Å². The van der Waals surface area contributed by atoms with E-state index in [1.807, 2.05) is 0 Å². The third kappa shape index (κ3) is 14.2. The van der Waals surface area contributed by atoms with E-state index < -0.39 is 6.16 Å². The number of rotatable bonds is 18. The van der Waals surface area contributed by atoms with Gasteiger partial charge in [-0.2, -0.15) is 0 Å². The lowest BCUT2D eigenvalue weighted by atomic mass is 10.0. The van der Waals surface area contributed by atoms with Gasteiger partial charge in [-0.3, -0.25) is 0 Å². The molecule has 2 aromatic rings. The Hall–Kier alpha value is -0.830. The molecule has 0 radical (unpaired) electrons. The zero-order valence-corrected chi connectivity index (χ0v) is 26.5. The van der Waals surface area contributed by atoms with Crippen molar-refractivity contribution < 1.29 is 14.3 Å². The van der Waals surface area contributed by atoms with Crippen LogP contribution in [0.2, 0.25) is 0 Å². The molecule has 5 heteroatoms. The SMILES string of the molecule is CCCCCCC(CCc1ccc(I)cc1)OC(=O)OC(CCCCCC)CCc1ccc(I)cc1. The Kier molecular flexibility index (Phi) is 16.8. The van der Waals surface area contributed by atoms with Crippen molar-refractivity contribution in [3.05, 3.63) is 66.8 Å². The third-order valence-corrected chi connectivity index (χ3v) is 8.06. The fraction of sp³-hybridized carbons (Fsp3) is 0.581. The number of ether oxygens (including phenoxy) is 2. The summed E-state index contributed by atoms with van der Waals surface area (Å²) >= 11 is 4.66. The standard InChI is InChI=1S/C31H44I2O3/c1-3-5-7-9-11-29(23-17-25-13-19-27(32)20-14-25)35-31(34)36-30(12-10-8-6-4-2)24-18-26-15-21-28(33)22-16-26/h13-16,19-22,29-30H,3-12,17-18,23-24H2,1-2H3. The van der Waals surface area contributed by atoms with Crippen LogP contribution < -0.4 is 0 Å². The van der Waals surface area contributed by atoms with Gasteiger partial charge in [-0.25, -0.2) is 4.79 Å². The predicted octanol–water partition coefficient (Wildman–Crippen LogP) is 10.3. The lowest BCUT2D eigenvalue weighted by Crippen LogP contribution is -2.25. The van der Waals surface area contributed by atoms with Crippen LogP contribution in [0.1, 0.15) is 102 Å². The summed E-state index contributed by atoms with van der Waals surface area (Å²) < 4.78 is 14.4. The molecule has 0 amide bonds. The number of benzene rings is 2. The molecule has 2 aromatic carbocycles. The van der Waals surface area contributed by atoms with Crippen LogP contribution in [0.5, 0.6) is 0 Å². The molecule has 0 heterocycles. The van der Waals surface area contributed by atoms with Crippen LogP contribution in [0.3, 0.4) is 0 Å². The van der Waals surface area contributed by atoms with Crippen LogP contribution in [0.4, 0.5) is 4.79 Å². The minimum absolute atomic E-state index is 0.0921. The monoisotopic (exact) mass is 718 g/mol. The van der Waals surface area contributed by atoms with Crippen molar-refractivity contribution in [2.75, 3.05) is 0 Å². The van der Waals surface area contributed by atoms with Crippen molar-refractivity contribution >= 4 is 51.3 Å². The van der Waals surface area contributed by atoms with Gasteiger partial charge in [0.15, 0.2) is 0 Å². The average molecular weight is 718 g/mol. The summed E-state index contributed by atoms with van der Waals surface area (Å²) in [6.45, 7) is 4.44. The molecule has 0 aromatic heterocycles. The van der Waals surface area contributed by atoms with Gasteiger partial charge >= 0.3 is 6.16 Å². The van der Waals surface area contributed by atoms with Gasteiger partial charge in [0, 0.05) is 7.14 Å². The molecule has 2 rings (SSSR count). The molecule has 0 aliphatic heterocycles. The molecule has 0 aliphatic carbocycles. The molecule has 0 N–H and O–H groups in total. The van der Waals surface area contributed by atoms with Crippen molar-refractivity contribution in [1.82, 2.24) is 0 Å². The van der Waals surface area contributed by atoms with E-state index in [0.29, 0.717) is 0 Å². The first-order chi connectivity index (χ1) is 17.5. The van der Waals surface area contributed by atoms with Gasteiger partial charge in [-0.1, -0.05) is 76.6 Å². The van der Waals surface area contributed by atoms with E-state index in [1.165, 1.54) is 56.8 Å². The average Bonchev–Trinajstić information content (AvgIpc) is 2.87. The molecule has 0 saturated carbocycles. The summed E-state index contributed by atoms with van der Waals surface area (Å²) in [6, 6.07) is 17.2. The lowest BCUT2D eigenvalue weighted by Gasteiger charge is -2.22. The van der Waals surface area contributed by atoms with Crippen molar-refractivity contribution in [2.24, 2.45) is 0 Å². The second-order valence-corrected chi connectivity index (χ2v) is 12.2. The summed E-state index contributed by atoms with van der Waals surface area (Å²) in [6.07, 6.45) is 14.1. The Balaban J connectivity index is 1.92. The van der Waals surface area contributed by atoms with Crippen LogP contribution >= 0.6 is 45.2 Å². The van der Waals surface area contributed by atoms with E-state index in [2.05, 4.69) is 108 Å². The normalized spacial score (nSPS) is 12.8. The minimum atomic E-state index is -0.485. The number of carbonyl (C=O) groups is 1. The Morgan fingerprint density at radius 1 is 0.611 bits per heavy atom. The highest BCUT2D eigenvalue weighted by Crippen LogP contribution is 2.20. The molecule has 0 bridgehead atoms. The largest absolute Gasteiger partial charge is 0.508 e. The van der Waals surface area contributed by atoms with E-state index >= 15 is 0 Å². The van der Waals surface area contributed by atoms with E-state index in [0.717, 1.165) is 51.4 Å². The number of unbranched alkanes of at least 4 members (excludes halogenated alkanes) is 6.